The lowest BCUT2D eigenvalue weighted by Gasteiger charge is -2.34. The second kappa shape index (κ2) is 12.1. The molecule has 4 aromatic rings. The van der Waals surface area contributed by atoms with Crippen LogP contribution in [-0.2, 0) is 26.2 Å². The summed E-state index contributed by atoms with van der Waals surface area (Å²) in [5.41, 5.74) is 2.49. The van der Waals surface area contributed by atoms with E-state index < -0.39 is 16.1 Å². The number of ether oxygens (including phenoxy) is 2. The molecule has 0 aliphatic carbocycles. The third-order valence-corrected chi connectivity index (χ3v) is 7.89. The van der Waals surface area contributed by atoms with Crippen LogP contribution >= 0.6 is 0 Å². The SMILES string of the molecule is Cc1cc(S(=O)(=O)Nc2ccccc2)ccc1OCC(=O)N1C[C@@H](C(=O)NCc2ccccc2)Oc2ccccc21. The highest BCUT2D eigenvalue weighted by atomic mass is 32.2. The Morgan fingerprint density at radius 2 is 1.61 bits per heavy atom. The summed E-state index contributed by atoms with van der Waals surface area (Å²) >= 11 is 0. The van der Waals surface area contributed by atoms with Crippen LogP contribution in [0, 0.1) is 6.92 Å². The van der Waals surface area contributed by atoms with Crippen LogP contribution in [0.4, 0.5) is 11.4 Å². The van der Waals surface area contributed by atoms with E-state index >= 15 is 0 Å². The quantitative estimate of drug-likeness (QED) is 0.310. The van der Waals surface area contributed by atoms with Crippen LogP contribution in [0.3, 0.4) is 0 Å². The Morgan fingerprint density at radius 3 is 2.34 bits per heavy atom. The minimum Gasteiger partial charge on any atom is -0.483 e. The van der Waals surface area contributed by atoms with Gasteiger partial charge in [-0.25, -0.2) is 8.42 Å². The second-order valence-electron chi connectivity index (χ2n) is 9.47. The molecule has 9 nitrogen and oxygen atoms in total. The van der Waals surface area contributed by atoms with E-state index in [-0.39, 0.29) is 29.9 Å². The van der Waals surface area contributed by atoms with Crippen LogP contribution in [0.1, 0.15) is 11.1 Å². The summed E-state index contributed by atoms with van der Waals surface area (Å²) in [6.45, 7) is 1.74. The molecule has 5 rings (SSSR count). The van der Waals surface area contributed by atoms with Crippen LogP contribution in [0.5, 0.6) is 11.5 Å². The van der Waals surface area contributed by atoms with E-state index in [0.29, 0.717) is 35.0 Å². The molecule has 1 heterocycles. The molecule has 2 amide bonds. The fourth-order valence-corrected chi connectivity index (χ4v) is 5.54. The van der Waals surface area contributed by atoms with Gasteiger partial charge < -0.3 is 19.7 Å². The second-order valence-corrected chi connectivity index (χ2v) is 11.2. The van der Waals surface area contributed by atoms with Crippen molar-refractivity contribution in [2.24, 2.45) is 0 Å². The van der Waals surface area contributed by atoms with Crippen molar-refractivity contribution < 1.29 is 27.5 Å². The molecule has 0 fully saturated rings. The number of nitrogens with zero attached hydrogens (tertiary/aromatic N) is 1. The number of hydrogen-bond acceptors (Lipinski definition) is 6. The highest BCUT2D eigenvalue weighted by Gasteiger charge is 2.34. The molecule has 1 aliphatic heterocycles. The molecule has 0 radical (unpaired) electrons. The van der Waals surface area contributed by atoms with Gasteiger partial charge in [-0.05, 0) is 60.5 Å². The molecule has 0 bridgehead atoms. The van der Waals surface area contributed by atoms with E-state index in [2.05, 4.69) is 10.0 Å². The zero-order valence-corrected chi connectivity index (χ0v) is 23.1. The van der Waals surface area contributed by atoms with E-state index in [1.165, 1.54) is 23.1 Å². The van der Waals surface area contributed by atoms with Crippen LogP contribution < -0.4 is 24.4 Å². The van der Waals surface area contributed by atoms with Crippen LogP contribution in [0.25, 0.3) is 0 Å². The van der Waals surface area contributed by atoms with E-state index in [1.807, 2.05) is 30.3 Å². The van der Waals surface area contributed by atoms with E-state index in [9.17, 15) is 18.0 Å². The standard InChI is InChI=1S/C31H29N3O6S/c1-22-18-25(41(37,38)33-24-12-6-3-7-13-24)16-17-27(22)39-21-30(35)34-20-29(40-28-15-9-8-14-26(28)34)31(36)32-19-23-10-4-2-5-11-23/h2-18,29,33H,19-21H2,1H3,(H,32,36)/t29-/m0/s1. The number of carbonyl (C=O) groups excluding carboxylic acids is 2. The first-order valence-corrected chi connectivity index (χ1v) is 14.5. The summed E-state index contributed by atoms with van der Waals surface area (Å²) in [6, 6.07) is 29.6. The minimum absolute atomic E-state index is 0.0150. The van der Waals surface area contributed by atoms with Crippen LogP contribution in [-0.4, -0.2) is 39.5 Å². The molecular formula is C31H29N3O6S. The lowest BCUT2D eigenvalue weighted by molar-refractivity contribution is -0.128. The van der Waals surface area contributed by atoms with Crippen LogP contribution in [0.15, 0.2) is 108 Å². The highest BCUT2D eigenvalue weighted by Crippen LogP contribution is 2.33. The van der Waals surface area contributed by atoms with Crippen LogP contribution in [0.2, 0.25) is 0 Å². The number of aryl methyl sites for hydroxylation is 1. The van der Waals surface area contributed by atoms with Gasteiger partial charge in [0.2, 0.25) is 0 Å². The van der Waals surface area contributed by atoms with Gasteiger partial charge in [0.05, 0.1) is 17.1 Å². The van der Waals surface area contributed by atoms with Gasteiger partial charge in [-0.2, -0.15) is 0 Å². The number of rotatable bonds is 9. The van der Waals surface area contributed by atoms with E-state index in [4.69, 9.17) is 9.47 Å². The van der Waals surface area contributed by atoms with Crippen molar-refractivity contribution in [1.29, 1.82) is 0 Å². The zero-order chi connectivity index (χ0) is 28.8. The third kappa shape index (κ3) is 6.67. The Balaban J connectivity index is 1.25. The van der Waals surface area contributed by atoms with Crippen molar-refractivity contribution in [3.63, 3.8) is 0 Å². The van der Waals surface area contributed by atoms with Crippen molar-refractivity contribution in [3.05, 3.63) is 114 Å². The van der Waals surface area contributed by atoms with Crippen molar-refractivity contribution in [3.8, 4) is 11.5 Å². The largest absolute Gasteiger partial charge is 0.483 e. The topological polar surface area (TPSA) is 114 Å². The Hall–Kier alpha value is -4.83. The first-order valence-electron chi connectivity index (χ1n) is 13.0. The number of nitrogens with one attached hydrogen (secondary N) is 2. The number of amides is 2. The number of fused-ring (bicyclic) bond motifs is 1. The van der Waals surface area contributed by atoms with Crippen molar-refractivity contribution in [2.75, 3.05) is 22.8 Å². The monoisotopic (exact) mass is 571 g/mol. The normalized spacial score (nSPS) is 14.4. The lowest BCUT2D eigenvalue weighted by Crippen LogP contribution is -2.51. The van der Waals surface area contributed by atoms with E-state index in [1.54, 1.807) is 61.5 Å². The van der Waals surface area contributed by atoms with Gasteiger partial charge in [-0.1, -0.05) is 60.7 Å². The smallest absolute Gasteiger partial charge is 0.265 e. The van der Waals surface area contributed by atoms with Gasteiger partial charge >= 0.3 is 0 Å². The average Bonchev–Trinajstić information content (AvgIpc) is 2.99. The number of carbonyl (C=O) groups is 2. The molecule has 2 N–H and O–H groups in total. The highest BCUT2D eigenvalue weighted by molar-refractivity contribution is 7.92. The number of anilines is 2. The van der Waals surface area contributed by atoms with Gasteiger partial charge in [-0.15, -0.1) is 0 Å². The lowest BCUT2D eigenvalue weighted by atomic mass is 10.1. The fraction of sp³-hybridized carbons (Fsp3) is 0.161. The summed E-state index contributed by atoms with van der Waals surface area (Å²) in [5, 5.41) is 2.87. The van der Waals surface area contributed by atoms with Crippen molar-refractivity contribution in [2.45, 2.75) is 24.5 Å². The molecule has 0 aromatic heterocycles. The number of hydrogen-bond donors (Lipinski definition) is 2. The molecule has 0 unspecified atom stereocenters. The summed E-state index contributed by atoms with van der Waals surface area (Å²) in [7, 11) is -3.80. The maximum atomic E-state index is 13.3. The molecule has 1 atom stereocenters. The maximum absolute atomic E-state index is 13.3. The van der Waals surface area contributed by atoms with Gasteiger partial charge in [-0.3, -0.25) is 14.3 Å². The summed E-state index contributed by atoms with van der Waals surface area (Å²) in [4.78, 5) is 27.8. The molecule has 4 aromatic carbocycles. The molecule has 1 aliphatic rings. The summed E-state index contributed by atoms with van der Waals surface area (Å²) < 4.78 is 39.9. The Kier molecular flexibility index (Phi) is 8.21. The van der Waals surface area contributed by atoms with Gasteiger partial charge in [0.15, 0.2) is 12.7 Å². The molecule has 41 heavy (non-hydrogen) atoms. The number of sulfonamides is 1. The molecular weight excluding hydrogens is 542 g/mol. The predicted octanol–water partition coefficient (Wildman–Crippen LogP) is 4.29. The molecule has 0 spiro atoms. The first kappa shape index (κ1) is 27.7. The van der Waals surface area contributed by atoms with Gasteiger partial charge in [0.1, 0.15) is 11.5 Å². The average molecular weight is 572 g/mol. The fourth-order valence-electron chi connectivity index (χ4n) is 4.39. The Labute approximate surface area is 238 Å². The molecule has 0 saturated heterocycles. The Bertz CT molecular complexity index is 1650. The summed E-state index contributed by atoms with van der Waals surface area (Å²) in [5.74, 6) is 0.0848. The summed E-state index contributed by atoms with van der Waals surface area (Å²) in [6.07, 6.45) is -0.902. The van der Waals surface area contributed by atoms with Gasteiger partial charge in [0, 0.05) is 12.2 Å². The maximum Gasteiger partial charge on any atom is 0.265 e. The zero-order valence-electron chi connectivity index (χ0n) is 22.3. The third-order valence-electron chi connectivity index (χ3n) is 6.51. The molecule has 210 valence electrons. The Morgan fingerprint density at radius 1 is 0.927 bits per heavy atom. The first-order chi connectivity index (χ1) is 19.8. The van der Waals surface area contributed by atoms with Gasteiger partial charge in [0.25, 0.3) is 21.8 Å². The molecule has 0 saturated carbocycles. The predicted molar refractivity (Wildman–Crippen MR) is 155 cm³/mol. The van der Waals surface area contributed by atoms with Crippen molar-refractivity contribution >= 4 is 33.2 Å². The van der Waals surface area contributed by atoms with E-state index in [0.717, 1.165) is 5.56 Å². The molecule has 10 heteroatoms. The number of benzene rings is 4. The van der Waals surface area contributed by atoms with Crippen molar-refractivity contribution in [1.82, 2.24) is 5.32 Å². The number of para-hydroxylation sites is 3. The minimum atomic E-state index is -3.80.